The Morgan fingerprint density at radius 1 is 1.14 bits per heavy atom. The molecule has 1 fully saturated rings. The first-order chi connectivity index (χ1) is 14.6. The smallest absolute Gasteiger partial charge is 0.166 e. The van der Waals surface area contributed by atoms with E-state index in [4.69, 9.17) is 15.0 Å². The first-order valence-corrected chi connectivity index (χ1v) is 9.03. The molecule has 1 atom stereocenters. The van der Waals surface area contributed by atoms with Crippen molar-refractivity contribution in [3.8, 4) is 11.5 Å². The summed E-state index contributed by atoms with van der Waals surface area (Å²) in [4.78, 5) is 1.46. The van der Waals surface area contributed by atoms with E-state index in [2.05, 4.69) is 0 Å². The van der Waals surface area contributed by atoms with Crippen molar-refractivity contribution in [3.63, 3.8) is 0 Å². The lowest BCUT2D eigenvalue weighted by Gasteiger charge is -2.34. The van der Waals surface area contributed by atoms with Crippen molar-refractivity contribution in [3.05, 3.63) is 59.4 Å². The Morgan fingerprint density at radius 3 is 2.43 bits per heavy atom. The zero-order chi connectivity index (χ0) is 22.8. The van der Waals surface area contributed by atoms with Crippen LogP contribution in [0, 0.1) is 11.7 Å². The van der Waals surface area contributed by atoms with Crippen LogP contribution in [0.2, 0.25) is 0 Å². The summed E-state index contributed by atoms with van der Waals surface area (Å²) in [6.45, 7) is -1.74. The van der Waals surface area contributed by atoms with E-state index in [0.717, 1.165) is 12.1 Å². The fraction of sp³-hybridized carbons (Fsp3) is 0.455. The summed E-state index contributed by atoms with van der Waals surface area (Å²) in [7, 11) is 3.05. The van der Waals surface area contributed by atoms with E-state index in [1.165, 1.54) is 31.3 Å². The molecule has 0 amide bonds. The molecule has 2 aromatic carbocycles. The maximum absolute atomic E-state index is 13.2. The van der Waals surface area contributed by atoms with Gasteiger partial charge in [-0.1, -0.05) is 24.3 Å². The Hall–Kier alpha value is -1.82. The Bertz CT molecular complexity index is 893. The molecule has 0 aromatic heterocycles. The number of aliphatic hydroxyl groups is 1. The van der Waals surface area contributed by atoms with E-state index in [1.807, 2.05) is 0 Å². The third-order valence-electron chi connectivity index (χ3n) is 4.94. The van der Waals surface area contributed by atoms with Crippen LogP contribution in [-0.2, 0) is 6.37 Å². The van der Waals surface area contributed by atoms with Crippen molar-refractivity contribution in [2.75, 3.05) is 33.8 Å². The first kappa shape index (κ1) is 17.1. The van der Waals surface area contributed by atoms with E-state index in [-0.39, 0.29) is 37.0 Å². The van der Waals surface area contributed by atoms with Gasteiger partial charge in [-0.25, -0.2) is 4.39 Å². The fourth-order valence-electron chi connectivity index (χ4n) is 3.40. The number of rotatable bonds is 7. The minimum absolute atomic E-state index is 0. The quantitative estimate of drug-likeness (QED) is 0.736. The van der Waals surface area contributed by atoms with Crippen molar-refractivity contribution in [1.82, 2.24) is 4.90 Å². The van der Waals surface area contributed by atoms with Gasteiger partial charge < -0.3 is 19.5 Å². The number of para-hydroxylation sites is 1. The Labute approximate surface area is 178 Å². The van der Waals surface area contributed by atoms with Crippen LogP contribution in [0.15, 0.2) is 42.5 Å². The van der Waals surface area contributed by atoms with Gasteiger partial charge in [-0.2, -0.15) is 0 Å². The number of piperidine rings is 1. The van der Waals surface area contributed by atoms with E-state index in [1.54, 1.807) is 18.2 Å². The number of likely N-dealkylation sites (tertiary alicyclic amines) is 1. The molecular weight excluding hydrogens is 381 g/mol. The Morgan fingerprint density at radius 2 is 1.82 bits per heavy atom. The highest BCUT2D eigenvalue weighted by Gasteiger charge is 2.28. The molecule has 154 valence electrons. The van der Waals surface area contributed by atoms with Gasteiger partial charge in [0, 0.05) is 17.5 Å². The van der Waals surface area contributed by atoms with Crippen LogP contribution >= 0.6 is 12.4 Å². The maximum atomic E-state index is 13.2. The summed E-state index contributed by atoms with van der Waals surface area (Å²) in [6.07, 6.45) is -2.17. The van der Waals surface area contributed by atoms with Gasteiger partial charge in [-0.15, -0.1) is 12.4 Å². The molecule has 0 aliphatic carbocycles. The van der Waals surface area contributed by atoms with Crippen LogP contribution in [-0.4, -0.2) is 43.8 Å². The summed E-state index contributed by atoms with van der Waals surface area (Å²) in [6, 6.07) is 10.1. The van der Waals surface area contributed by atoms with E-state index in [0.29, 0.717) is 29.9 Å². The molecule has 0 unspecified atom stereocenters. The molecule has 0 saturated carbocycles. The van der Waals surface area contributed by atoms with Gasteiger partial charge in [0.25, 0.3) is 0 Å². The third-order valence-corrected chi connectivity index (χ3v) is 4.94. The topological polar surface area (TPSA) is 41.9 Å². The molecule has 0 bridgehead atoms. The zero-order valence-corrected chi connectivity index (χ0v) is 16.8. The number of benzene rings is 2. The van der Waals surface area contributed by atoms with E-state index >= 15 is 0 Å². The first-order valence-electron chi connectivity index (χ1n) is 11.0. The maximum Gasteiger partial charge on any atom is 0.166 e. The summed E-state index contributed by atoms with van der Waals surface area (Å²) in [5, 5.41) is 11.0. The molecule has 1 aliphatic rings. The van der Waals surface area contributed by atoms with Crippen molar-refractivity contribution >= 4 is 12.4 Å². The van der Waals surface area contributed by atoms with Crippen molar-refractivity contribution in [2.45, 2.75) is 25.3 Å². The fourth-order valence-corrected chi connectivity index (χ4v) is 3.40. The summed E-state index contributed by atoms with van der Waals surface area (Å²) < 4.78 is 57.7. The van der Waals surface area contributed by atoms with Crippen molar-refractivity contribution in [2.24, 2.45) is 5.92 Å². The standard InChI is InChI=1S/C22H28FNO3.ClH/c1-26-20-5-3-4-19(22(20)27-2)21(25)17-11-14-24(15-12-17)13-10-16-6-8-18(23)9-7-16;/h3-9,17,21,25H,10-15H2,1-2H3;1H/t21-;/m1./s1/i10D2,13D2;. The van der Waals surface area contributed by atoms with Gasteiger partial charge >= 0.3 is 0 Å². The largest absolute Gasteiger partial charge is 0.493 e. The monoisotopic (exact) mass is 413 g/mol. The normalized spacial score (nSPS) is 19.4. The Kier molecular flexibility index (Phi) is 6.49. The van der Waals surface area contributed by atoms with Crippen LogP contribution in [0.5, 0.6) is 11.5 Å². The highest BCUT2D eigenvalue weighted by Crippen LogP contribution is 2.39. The van der Waals surface area contributed by atoms with Crippen LogP contribution in [0.1, 0.15) is 35.6 Å². The van der Waals surface area contributed by atoms with Gasteiger partial charge in [0.2, 0.25) is 0 Å². The SMILES string of the molecule is Cl.[2H]C([2H])(c1ccc(F)cc1)C([2H])([2H])N1CCC([C@@H](O)c2cccc(OC)c2OC)CC1. The molecule has 1 heterocycles. The van der Waals surface area contributed by atoms with Gasteiger partial charge in [0.05, 0.1) is 20.3 Å². The molecule has 4 nitrogen and oxygen atoms in total. The van der Waals surface area contributed by atoms with Crippen LogP contribution in [0.4, 0.5) is 4.39 Å². The minimum Gasteiger partial charge on any atom is -0.493 e. The predicted octanol–water partition coefficient (Wildman–Crippen LogP) is 4.25. The Balaban J connectivity index is 0.00000363. The number of aliphatic hydroxyl groups excluding tert-OH is 1. The van der Waals surface area contributed by atoms with Crippen molar-refractivity contribution < 1.29 is 24.5 Å². The molecule has 28 heavy (non-hydrogen) atoms. The molecule has 0 radical (unpaired) electrons. The molecule has 3 rings (SSSR count). The van der Waals surface area contributed by atoms with E-state index in [9.17, 15) is 9.50 Å². The number of nitrogens with zero attached hydrogens (tertiary/aromatic N) is 1. The lowest BCUT2D eigenvalue weighted by Crippen LogP contribution is -2.36. The van der Waals surface area contributed by atoms with Gasteiger partial charge in [0.15, 0.2) is 11.5 Å². The van der Waals surface area contributed by atoms with Crippen LogP contribution < -0.4 is 9.47 Å². The highest BCUT2D eigenvalue weighted by atomic mass is 35.5. The highest BCUT2D eigenvalue weighted by molar-refractivity contribution is 5.85. The van der Waals surface area contributed by atoms with Gasteiger partial charge in [-0.05, 0) is 62.0 Å². The van der Waals surface area contributed by atoms with Crippen molar-refractivity contribution in [1.29, 1.82) is 0 Å². The molecule has 2 aromatic rings. The minimum atomic E-state index is -2.33. The summed E-state index contributed by atoms with van der Waals surface area (Å²) >= 11 is 0. The summed E-state index contributed by atoms with van der Waals surface area (Å²) in [5.41, 5.74) is 0.701. The van der Waals surface area contributed by atoms with Gasteiger partial charge in [0.1, 0.15) is 5.82 Å². The second-order valence-corrected chi connectivity index (χ2v) is 6.60. The number of halogens is 2. The lowest BCUT2D eigenvalue weighted by molar-refractivity contribution is 0.0573. The molecule has 0 spiro atoms. The number of hydrogen-bond acceptors (Lipinski definition) is 4. The number of hydrogen-bond donors (Lipinski definition) is 1. The average molecular weight is 414 g/mol. The van der Waals surface area contributed by atoms with Gasteiger partial charge in [-0.3, -0.25) is 0 Å². The second-order valence-electron chi connectivity index (χ2n) is 6.60. The predicted molar refractivity (Wildman–Crippen MR) is 111 cm³/mol. The van der Waals surface area contributed by atoms with Crippen LogP contribution in [0.25, 0.3) is 0 Å². The molecule has 1 aliphatic heterocycles. The molecule has 1 N–H and O–H groups in total. The molecule has 1 saturated heterocycles. The average Bonchev–Trinajstić information content (AvgIpc) is 2.78. The molecule has 6 heteroatoms. The zero-order valence-electron chi connectivity index (χ0n) is 20.0. The summed E-state index contributed by atoms with van der Waals surface area (Å²) in [5.74, 6) is 0.371. The van der Waals surface area contributed by atoms with E-state index < -0.39 is 24.8 Å². The molecular formula is C22H29ClFNO3. The number of ether oxygens (including phenoxy) is 2. The number of methoxy groups -OCH3 is 2. The third kappa shape index (κ3) is 5.37. The van der Waals surface area contributed by atoms with Crippen LogP contribution in [0.3, 0.4) is 0 Å². The number of aryl methyl sites for hydroxylation is 1. The second kappa shape index (κ2) is 10.6. The lowest BCUT2D eigenvalue weighted by atomic mass is 9.87.